The summed E-state index contributed by atoms with van der Waals surface area (Å²) in [5.41, 5.74) is 5.93. The van der Waals surface area contributed by atoms with Crippen LogP contribution in [0.2, 0.25) is 0 Å². The zero-order valence-corrected chi connectivity index (χ0v) is 11.1. The summed E-state index contributed by atoms with van der Waals surface area (Å²) in [5.74, 6) is -0.0656. The van der Waals surface area contributed by atoms with Crippen LogP contribution in [-0.4, -0.2) is 9.97 Å². The van der Waals surface area contributed by atoms with Gasteiger partial charge in [-0.25, -0.2) is 9.18 Å². The predicted molar refractivity (Wildman–Crippen MR) is 77.3 cm³/mol. The summed E-state index contributed by atoms with van der Waals surface area (Å²) >= 11 is 1.48. The Morgan fingerprint density at radius 3 is 2.55 bits per heavy atom. The number of hydrogen-bond donors (Lipinski definition) is 2. The largest absolute Gasteiger partial charge is 0.383 e. The van der Waals surface area contributed by atoms with Crippen molar-refractivity contribution in [3.8, 4) is 0 Å². The lowest BCUT2D eigenvalue weighted by Crippen LogP contribution is -2.12. The van der Waals surface area contributed by atoms with Gasteiger partial charge in [0, 0.05) is 15.2 Å². The first-order chi connectivity index (χ1) is 9.61. The van der Waals surface area contributed by atoms with Crippen LogP contribution in [-0.2, 0) is 0 Å². The molecule has 0 aliphatic rings. The van der Waals surface area contributed by atoms with Gasteiger partial charge in [0.1, 0.15) is 11.6 Å². The third kappa shape index (κ3) is 2.50. The minimum Gasteiger partial charge on any atom is -0.383 e. The molecule has 0 amide bonds. The molecule has 2 aromatic carbocycles. The number of anilines is 1. The molecule has 3 aromatic rings. The first-order valence-electron chi connectivity index (χ1n) is 5.85. The van der Waals surface area contributed by atoms with Gasteiger partial charge in [0.15, 0.2) is 0 Å². The highest BCUT2D eigenvalue weighted by atomic mass is 32.2. The van der Waals surface area contributed by atoms with Crippen molar-refractivity contribution in [2.45, 2.75) is 9.79 Å². The van der Waals surface area contributed by atoms with Crippen molar-refractivity contribution in [3.05, 3.63) is 58.8 Å². The number of rotatable bonds is 2. The van der Waals surface area contributed by atoms with Gasteiger partial charge >= 0.3 is 5.69 Å². The zero-order chi connectivity index (χ0) is 14.1. The van der Waals surface area contributed by atoms with Gasteiger partial charge in [0.25, 0.3) is 0 Å². The number of H-pyrrole nitrogens is 1. The number of nitrogen functional groups attached to an aromatic ring is 1. The fourth-order valence-electron chi connectivity index (χ4n) is 1.86. The van der Waals surface area contributed by atoms with Crippen molar-refractivity contribution >= 4 is 28.5 Å². The number of nitrogens with one attached hydrogen (secondary N) is 1. The van der Waals surface area contributed by atoms with Crippen molar-refractivity contribution in [2.24, 2.45) is 0 Å². The normalized spacial score (nSPS) is 10.8. The third-order valence-corrected chi connectivity index (χ3v) is 3.78. The van der Waals surface area contributed by atoms with E-state index in [0.717, 1.165) is 9.79 Å². The molecule has 0 saturated heterocycles. The Morgan fingerprint density at radius 2 is 1.80 bits per heavy atom. The molecule has 1 heterocycles. The summed E-state index contributed by atoms with van der Waals surface area (Å²) in [6.45, 7) is 0. The first-order valence-corrected chi connectivity index (χ1v) is 6.66. The van der Waals surface area contributed by atoms with Crippen molar-refractivity contribution < 1.29 is 4.39 Å². The van der Waals surface area contributed by atoms with Crippen LogP contribution in [0, 0.1) is 5.82 Å². The van der Waals surface area contributed by atoms with E-state index in [1.54, 1.807) is 18.2 Å². The Hall–Kier alpha value is -2.34. The number of aromatic nitrogens is 2. The second-order valence-corrected chi connectivity index (χ2v) is 5.34. The van der Waals surface area contributed by atoms with Crippen molar-refractivity contribution in [2.75, 3.05) is 5.73 Å². The van der Waals surface area contributed by atoms with E-state index < -0.39 is 5.69 Å². The fraction of sp³-hybridized carbons (Fsp3) is 0. The summed E-state index contributed by atoms with van der Waals surface area (Å²) in [5, 5.41) is 0.691. The molecule has 0 saturated carbocycles. The van der Waals surface area contributed by atoms with E-state index in [-0.39, 0.29) is 11.6 Å². The monoisotopic (exact) mass is 287 g/mol. The Bertz CT molecular complexity index is 830. The van der Waals surface area contributed by atoms with Crippen LogP contribution >= 0.6 is 11.8 Å². The highest BCUT2D eigenvalue weighted by molar-refractivity contribution is 7.99. The number of hydrogen-bond acceptors (Lipinski definition) is 4. The van der Waals surface area contributed by atoms with E-state index in [1.165, 1.54) is 23.9 Å². The molecule has 3 N–H and O–H groups in total. The van der Waals surface area contributed by atoms with Crippen molar-refractivity contribution in [1.29, 1.82) is 0 Å². The van der Waals surface area contributed by atoms with Gasteiger partial charge in [-0.2, -0.15) is 4.98 Å². The Balaban J connectivity index is 2.00. The molecule has 0 aliphatic heterocycles. The highest BCUT2D eigenvalue weighted by Gasteiger charge is 2.04. The number of benzene rings is 2. The van der Waals surface area contributed by atoms with Gasteiger partial charge in [-0.15, -0.1) is 0 Å². The van der Waals surface area contributed by atoms with Gasteiger partial charge in [-0.1, -0.05) is 11.8 Å². The maximum Gasteiger partial charge on any atom is 0.347 e. The molecule has 1 aromatic heterocycles. The summed E-state index contributed by atoms with van der Waals surface area (Å²) in [6, 6.07) is 11.7. The summed E-state index contributed by atoms with van der Waals surface area (Å²) < 4.78 is 12.9. The second-order valence-electron chi connectivity index (χ2n) is 4.19. The standard InChI is InChI=1S/C14H10FN3OS/c15-8-1-3-9(4-2-8)20-10-5-6-12-11(7-10)13(16)18-14(19)17-12/h1-7H,(H3,16,17,18,19). The van der Waals surface area contributed by atoms with Crippen LogP contribution in [0.15, 0.2) is 57.1 Å². The Labute approximate surface area is 117 Å². The van der Waals surface area contributed by atoms with E-state index >= 15 is 0 Å². The molecule has 6 heteroatoms. The quantitative estimate of drug-likeness (QED) is 0.760. The molecular weight excluding hydrogens is 277 g/mol. The lowest BCUT2D eigenvalue weighted by molar-refractivity contribution is 0.626. The average Bonchev–Trinajstić information content (AvgIpc) is 2.42. The number of aromatic amines is 1. The van der Waals surface area contributed by atoms with E-state index in [9.17, 15) is 9.18 Å². The van der Waals surface area contributed by atoms with Gasteiger partial charge in [-0.05, 0) is 42.5 Å². The molecule has 0 bridgehead atoms. The molecule has 0 aliphatic carbocycles. The van der Waals surface area contributed by atoms with E-state index in [0.29, 0.717) is 10.9 Å². The van der Waals surface area contributed by atoms with E-state index in [1.807, 2.05) is 12.1 Å². The average molecular weight is 287 g/mol. The third-order valence-electron chi connectivity index (χ3n) is 2.78. The van der Waals surface area contributed by atoms with E-state index in [2.05, 4.69) is 9.97 Å². The SMILES string of the molecule is Nc1nc(=O)[nH]c2ccc(Sc3ccc(F)cc3)cc12. The topological polar surface area (TPSA) is 71.8 Å². The molecule has 0 fully saturated rings. The molecule has 20 heavy (non-hydrogen) atoms. The van der Waals surface area contributed by atoms with E-state index in [4.69, 9.17) is 5.73 Å². The maximum absolute atomic E-state index is 12.9. The maximum atomic E-state index is 12.9. The minimum absolute atomic E-state index is 0.199. The van der Waals surface area contributed by atoms with Crippen LogP contribution in [0.25, 0.3) is 10.9 Å². The van der Waals surface area contributed by atoms with Crippen LogP contribution in [0.3, 0.4) is 0 Å². The molecule has 4 nitrogen and oxygen atoms in total. The number of nitrogens with zero attached hydrogens (tertiary/aromatic N) is 1. The highest BCUT2D eigenvalue weighted by Crippen LogP contribution is 2.30. The Morgan fingerprint density at radius 1 is 1.10 bits per heavy atom. The van der Waals surface area contributed by atoms with Crippen LogP contribution < -0.4 is 11.4 Å². The molecule has 0 unspecified atom stereocenters. The van der Waals surface area contributed by atoms with Crippen molar-refractivity contribution in [1.82, 2.24) is 9.97 Å². The van der Waals surface area contributed by atoms with Gasteiger partial charge in [0.2, 0.25) is 0 Å². The lowest BCUT2D eigenvalue weighted by Gasteiger charge is -2.05. The zero-order valence-electron chi connectivity index (χ0n) is 10.3. The van der Waals surface area contributed by atoms with Crippen LogP contribution in [0.5, 0.6) is 0 Å². The molecule has 3 rings (SSSR count). The van der Waals surface area contributed by atoms with Crippen LogP contribution in [0.4, 0.5) is 10.2 Å². The van der Waals surface area contributed by atoms with Crippen molar-refractivity contribution in [3.63, 3.8) is 0 Å². The molecule has 0 radical (unpaired) electrons. The molecule has 0 spiro atoms. The first kappa shape index (κ1) is 12.7. The number of nitrogens with two attached hydrogens (primary N) is 1. The predicted octanol–water partition coefficient (Wildman–Crippen LogP) is 2.80. The smallest absolute Gasteiger partial charge is 0.347 e. The number of halogens is 1. The molecular formula is C14H10FN3OS. The molecule has 0 atom stereocenters. The van der Waals surface area contributed by atoms with Gasteiger partial charge in [0.05, 0.1) is 5.52 Å². The summed E-state index contributed by atoms with van der Waals surface area (Å²) in [7, 11) is 0. The summed E-state index contributed by atoms with van der Waals surface area (Å²) in [4.78, 5) is 19.4. The summed E-state index contributed by atoms with van der Waals surface area (Å²) in [6.07, 6.45) is 0. The van der Waals surface area contributed by atoms with Gasteiger partial charge in [-0.3, -0.25) is 0 Å². The fourth-order valence-corrected chi connectivity index (χ4v) is 2.72. The second kappa shape index (κ2) is 4.97. The minimum atomic E-state index is -0.464. The Kier molecular flexibility index (Phi) is 3.15. The van der Waals surface area contributed by atoms with Gasteiger partial charge < -0.3 is 10.7 Å². The number of fused-ring (bicyclic) bond motifs is 1. The molecule has 100 valence electrons. The van der Waals surface area contributed by atoms with Crippen LogP contribution in [0.1, 0.15) is 0 Å². The lowest BCUT2D eigenvalue weighted by atomic mass is 10.2.